The number of hydrogen-bond donors (Lipinski definition) is 3. The molecule has 0 aliphatic carbocycles. The summed E-state index contributed by atoms with van der Waals surface area (Å²) in [6.07, 6.45) is 1.53. The molecule has 1 heterocycles. The fourth-order valence-corrected chi connectivity index (χ4v) is 1.50. The van der Waals surface area contributed by atoms with Crippen LogP contribution in [0.2, 0.25) is 0 Å². The van der Waals surface area contributed by atoms with Crippen LogP contribution < -0.4 is 16.4 Å². The predicted octanol–water partition coefficient (Wildman–Crippen LogP) is 0.787. The first kappa shape index (κ1) is 12.8. The third-order valence-corrected chi connectivity index (χ3v) is 2.44. The van der Waals surface area contributed by atoms with Gasteiger partial charge in [0, 0.05) is 12.7 Å². The van der Waals surface area contributed by atoms with Gasteiger partial charge in [-0.3, -0.25) is 4.79 Å². The second-order valence-electron chi connectivity index (χ2n) is 3.92. The first-order valence-electron chi connectivity index (χ1n) is 5.87. The molecule has 6 heteroatoms. The molecule has 4 N–H and O–H groups in total. The molecule has 0 fully saturated rings. The van der Waals surface area contributed by atoms with Crippen molar-refractivity contribution in [1.29, 1.82) is 0 Å². The molecule has 6 nitrogen and oxygen atoms in total. The number of aromatic nitrogens is 2. The number of rotatable bonds is 5. The maximum absolute atomic E-state index is 11.6. The Morgan fingerprint density at radius 2 is 2.00 bits per heavy atom. The SMILES string of the molecule is Nc1nccc(NCC(=O)NCc2ccccc2)n1. The monoisotopic (exact) mass is 257 g/mol. The van der Waals surface area contributed by atoms with E-state index in [1.54, 1.807) is 6.07 Å². The number of amides is 1. The zero-order valence-corrected chi connectivity index (χ0v) is 10.3. The third kappa shape index (κ3) is 4.27. The van der Waals surface area contributed by atoms with Crippen molar-refractivity contribution in [3.8, 4) is 0 Å². The highest BCUT2D eigenvalue weighted by Crippen LogP contribution is 2.01. The topological polar surface area (TPSA) is 92.9 Å². The van der Waals surface area contributed by atoms with Crippen molar-refractivity contribution < 1.29 is 4.79 Å². The molecule has 0 aliphatic rings. The molecular weight excluding hydrogens is 242 g/mol. The van der Waals surface area contributed by atoms with Gasteiger partial charge in [-0.25, -0.2) is 4.98 Å². The largest absolute Gasteiger partial charge is 0.368 e. The molecular formula is C13H15N5O. The van der Waals surface area contributed by atoms with E-state index in [1.165, 1.54) is 6.20 Å². The molecule has 0 saturated heterocycles. The van der Waals surface area contributed by atoms with Gasteiger partial charge in [0.15, 0.2) is 0 Å². The Kier molecular flexibility index (Phi) is 4.28. The minimum Gasteiger partial charge on any atom is -0.368 e. The zero-order valence-electron chi connectivity index (χ0n) is 10.3. The molecule has 0 radical (unpaired) electrons. The quantitative estimate of drug-likeness (QED) is 0.736. The number of nitrogens with one attached hydrogen (secondary N) is 2. The van der Waals surface area contributed by atoms with Gasteiger partial charge >= 0.3 is 0 Å². The molecule has 98 valence electrons. The second kappa shape index (κ2) is 6.34. The summed E-state index contributed by atoms with van der Waals surface area (Å²) in [5, 5.41) is 5.69. The van der Waals surface area contributed by atoms with E-state index in [2.05, 4.69) is 20.6 Å². The molecule has 0 saturated carbocycles. The van der Waals surface area contributed by atoms with Gasteiger partial charge in [0.05, 0.1) is 6.54 Å². The first-order chi connectivity index (χ1) is 9.24. The number of carbonyl (C=O) groups is 1. The van der Waals surface area contributed by atoms with Gasteiger partial charge < -0.3 is 16.4 Å². The van der Waals surface area contributed by atoms with Crippen LogP contribution in [0.15, 0.2) is 42.6 Å². The second-order valence-corrected chi connectivity index (χ2v) is 3.92. The predicted molar refractivity (Wildman–Crippen MR) is 73.2 cm³/mol. The molecule has 0 aliphatic heterocycles. The lowest BCUT2D eigenvalue weighted by Gasteiger charge is -2.07. The van der Waals surface area contributed by atoms with Crippen LogP contribution in [-0.2, 0) is 11.3 Å². The van der Waals surface area contributed by atoms with Crippen molar-refractivity contribution in [2.24, 2.45) is 0 Å². The molecule has 1 aromatic heterocycles. The average molecular weight is 257 g/mol. The lowest BCUT2D eigenvalue weighted by Crippen LogP contribution is -2.29. The van der Waals surface area contributed by atoms with Crippen LogP contribution in [-0.4, -0.2) is 22.4 Å². The summed E-state index contributed by atoms with van der Waals surface area (Å²) < 4.78 is 0. The van der Waals surface area contributed by atoms with E-state index in [-0.39, 0.29) is 18.4 Å². The highest BCUT2D eigenvalue weighted by molar-refractivity contribution is 5.80. The van der Waals surface area contributed by atoms with E-state index < -0.39 is 0 Å². The minimum atomic E-state index is -0.110. The minimum absolute atomic E-state index is 0.110. The van der Waals surface area contributed by atoms with E-state index in [0.29, 0.717) is 12.4 Å². The Morgan fingerprint density at radius 3 is 2.74 bits per heavy atom. The van der Waals surface area contributed by atoms with Crippen LogP contribution in [0.5, 0.6) is 0 Å². The van der Waals surface area contributed by atoms with Crippen LogP contribution in [0.25, 0.3) is 0 Å². The Balaban J connectivity index is 1.76. The highest BCUT2D eigenvalue weighted by Gasteiger charge is 2.02. The molecule has 1 amide bonds. The lowest BCUT2D eigenvalue weighted by atomic mass is 10.2. The van der Waals surface area contributed by atoms with Gasteiger partial charge in [0.2, 0.25) is 11.9 Å². The van der Waals surface area contributed by atoms with E-state index in [0.717, 1.165) is 5.56 Å². The Labute approximate surface area is 111 Å². The summed E-state index contributed by atoms with van der Waals surface area (Å²) in [6.45, 7) is 0.649. The highest BCUT2D eigenvalue weighted by atomic mass is 16.1. The normalized spacial score (nSPS) is 9.89. The maximum atomic E-state index is 11.6. The van der Waals surface area contributed by atoms with Crippen molar-refractivity contribution in [1.82, 2.24) is 15.3 Å². The molecule has 19 heavy (non-hydrogen) atoms. The maximum Gasteiger partial charge on any atom is 0.239 e. The van der Waals surface area contributed by atoms with E-state index in [9.17, 15) is 4.79 Å². The number of nitrogens with two attached hydrogens (primary N) is 1. The van der Waals surface area contributed by atoms with Crippen molar-refractivity contribution in [2.45, 2.75) is 6.54 Å². The van der Waals surface area contributed by atoms with Gasteiger partial charge in [-0.05, 0) is 11.6 Å². The molecule has 2 aromatic rings. The number of carbonyl (C=O) groups excluding carboxylic acids is 1. The van der Waals surface area contributed by atoms with Crippen LogP contribution in [0.3, 0.4) is 0 Å². The molecule has 0 unspecified atom stereocenters. The summed E-state index contributed by atoms with van der Waals surface area (Å²) in [5.41, 5.74) is 6.49. The standard InChI is InChI=1S/C13H15N5O/c14-13-15-7-6-11(18-13)16-9-12(19)17-8-10-4-2-1-3-5-10/h1-7H,8-9H2,(H,17,19)(H3,14,15,16,18). The van der Waals surface area contributed by atoms with Gasteiger partial charge in [-0.2, -0.15) is 4.98 Å². The third-order valence-electron chi connectivity index (χ3n) is 2.44. The zero-order chi connectivity index (χ0) is 13.5. The molecule has 2 rings (SSSR count). The van der Waals surface area contributed by atoms with Crippen molar-refractivity contribution in [3.63, 3.8) is 0 Å². The summed E-state index contributed by atoms with van der Waals surface area (Å²) in [5.74, 6) is 0.595. The van der Waals surface area contributed by atoms with Crippen LogP contribution in [0.4, 0.5) is 11.8 Å². The smallest absolute Gasteiger partial charge is 0.239 e. The van der Waals surface area contributed by atoms with Crippen LogP contribution >= 0.6 is 0 Å². The van der Waals surface area contributed by atoms with Gasteiger partial charge in [-0.15, -0.1) is 0 Å². The molecule has 0 atom stereocenters. The van der Waals surface area contributed by atoms with Crippen molar-refractivity contribution >= 4 is 17.7 Å². The Hall–Kier alpha value is -2.63. The molecule has 0 bridgehead atoms. The van der Waals surface area contributed by atoms with Gasteiger partial charge in [0.1, 0.15) is 5.82 Å². The summed E-state index contributed by atoms with van der Waals surface area (Å²) in [7, 11) is 0. The number of nitrogen functional groups attached to an aromatic ring is 1. The summed E-state index contributed by atoms with van der Waals surface area (Å²) in [4.78, 5) is 19.3. The Morgan fingerprint density at radius 1 is 1.21 bits per heavy atom. The van der Waals surface area contributed by atoms with Crippen molar-refractivity contribution in [3.05, 3.63) is 48.2 Å². The fourth-order valence-electron chi connectivity index (χ4n) is 1.50. The lowest BCUT2D eigenvalue weighted by molar-refractivity contribution is -0.119. The Bertz CT molecular complexity index is 544. The van der Waals surface area contributed by atoms with Gasteiger partial charge in [0.25, 0.3) is 0 Å². The fraction of sp³-hybridized carbons (Fsp3) is 0.154. The molecule has 0 spiro atoms. The van der Waals surface area contributed by atoms with Crippen LogP contribution in [0.1, 0.15) is 5.56 Å². The summed E-state index contributed by atoms with van der Waals surface area (Å²) in [6, 6.07) is 11.4. The number of anilines is 2. The molecule has 1 aromatic carbocycles. The first-order valence-corrected chi connectivity index (χ1v) is 5.87. The number of nitrogens with zero attached hydrogens (tertiary/aromatic N) is 2. The van der Waals surface area contributed by atoms with Crippen LogP contribution in [0, 0.1) is 0 Å². The summed E-state index contributed by atoms with van der Waals surface area (Å²) >= 11 is 0. The van der Waals surface area contributed by atoms with Crippen molar-refractivity contribution in [2.75, 3.05) is 17.6 Å². The number of benzene rings is 1. The van der Waals surface area contributed by atoms with Gasteiger partial charge in [-0.1, -0.05) is 30.3 Å². The van der Waals surface area contributed by atoms with E-state index in [4.69, 9.17) is 5.73 Å². The number of hydrogen-bond acceptors (Lipinski definition) is 5. The average Bonchev–Trinajstić information content (AvgIpc) is 2.44. The van der Waals surface area contributed by atoms with E-state index >= 15 is 0 Å². The van der Waals surface area contributed by atoms with E-state index in [1.807, 2.05) is 30.3 Å².